The Hall–Kier alpha value is -2.35. The molecule has 1 aliphatic heterocycles. The lowest BCUT2D eigenvalue weighted by atomic mass is 10.3. The first-order valence-electron chi connectivity index (χ1n) is 4.91. The van der Waals surface area contributed by atoms with Crippen LogP contribution in [0.15, 0.2) is 34.6 Å². The van der Waals surface area contributed by atoms with Gasteiger partial charge in [0.05, 0.1) is 0 Å². The van der Waals surface area contributed by atoms with Gasteiger partial charge in [0, 0.05) is 19.0 Å². The maximum absolute atomic E-state index is 5.17. The van der Waals surface area contributed by atoms with Crippen LogP contribution in [0.4, 0.5) is 0 Å². The van der Waals surface area contributed by atoms with Gasteiger partial charge in [0.15, 0.2) is 5.84 Å². The van der Waals surface area contributed by atoms with Gasteiger partial charge < -0.3 is 0 Å². The van der Waals surface area contributed by atoms with Crippen LogP contribution >= 0.6 is 0 Å². The van der Waals surface area contributed by atoms with Crippen molar-refractivity contribution in [1.82, 2.24) is 15.8 Å². The van der Waals surface area contributed by atoms with Crippen molar-refractivity contribution < 1.29 is 0 Å². The van der Waals surface area contributed by atoms with Crippen molar-refractivity contribution in [3.63, 3.8) is 0 Å². The molecule has 1 aromatic rings. The number of hydrogen-bond acceptors (Lipinski definition) is 5. The van der Waals surface area contributed by atoms with Gasteiger partial charge in [0.2, 0.25) is 0 Å². The van der Waals surface area contributed by atoms with E-state index in [1.165, 1.54) is 0 Å². The molecule has 0 aromatic carbocycles. The molecule has 0 aliphatic carbocycles. The number of aromatic nitrogens is 1. The van der Waals surface area contributed by atoms with Gasteiger partial charge in [-0.3, -0.25) is 15.8 Å². The van der Waals surface area contributed by atoms with Gasteiger partial charge in [0.1, 0.15) is 11.5 Å². The van der Waals surface area contributed by atoms with Crippen LogP contribution in [0.25, 0.3) is 0 Å². The highest BCUT2D eigenvalue weighted by atomic mass is 15.5. The van der Waals surface area contributed by atoms with E-state index in [0.717, 1.165) is 11.5 Å². The Morgan fingerprint density at radius 3 is 2.81 bits per heavy atom. The molecule has 0 atom stereocenters. The minimum absolute atomic E-state index is 0.602. The van der Waals surface area contributed by atoms with Crippen molar-refractivity contribution in [3.8, 4) is 12.3 Å². The van der Waals surface area contributed by atoms with E-state index in [1.54, 1.807) is 6.20 Å². The number of rotatable bonds is 3. The van der Waals surface area contributed by atoms with Crippen molar-refractivity contribution in [2.24, 2.45) is 10.2 Å². The average Bonchev–Trinajstić information content (AvgIpc) is 2.38. The Morgan fingerprint density at radius 1 is 1.25 bits per heavy atom. The monoisotopic (exact) mass is 213 g/mol. The summed E-state index contributed by atoms with van der Waals surface area (Å²) in [6.07, 6.45) is 8.19. The van der Waals surface area contributed by atoms with Crippen LogP contribution in [0.2, 0.25) is 0 Å². The van der Waals surface area contributed by atoms with Crippen LogP contribution in [-0.4, -0.2) is 16.7 Å². The molecule has 0 bridgehead atoms. The van der Waals surface area contributed by atoms with Crippen LogP contribution in [0, 0.1) is 12.3 Å². The smallest absolute Gasteiger partial charge is 0.192 e. The van der Waals surface area contributed by atoms with Gasteiger partial charge in [-0.2, -0.15) is 10.2 Å². The number of terminal acetylenes is 1. The maximum atomic E-state index is 5.17. The minimum Gasteiger partial charge on any atom is -0.261 e. The molecule has 2 rings (SSSR count). The standard InChI is InChI=1S/C11H11N5/c1-2-3-7-10-13-15-11(16-14-10)9-6-4-5-8-12-9/h1,4-6,8H,3,7H2,(H,13,14)(H,15,16). The summed E-state index contributed by atoms with van der Waals surface area (Å²) in [6.45, 7) is 0. The molecule has 0 spiro atoms. The molecule has 5 heteroatoms. The first-order valence-corrected chi connectivity index (χ1v) is 4.91. The molecule has 80 valence electrons. The zero-order valence-corrected chi connectivity index (χ0v) is 8.64. The van der Waals surface area contributed by atoms with Crippen LogP contribution in [0.3, 0.4) is 0 Å². The molecule has 0 unspecified atom stereocenters. The van der Waals surface area contributed by atoms with Crippen LogP contribution in [-0.2, 0) is 0 Å². The summed E-state index contributed by atoms with van der Waals surface area (Å²) >= 11 is 0. The van der Waals surface area contributed by atoms with E-state index >= 15 is 0 Å². The molecule has 1 aliphatic rings. The number of hydrazone groups is 2. The number of nitrogens with zero attached hydrogens (tertiary/aromatic N) is 3. The molecule has 16 heavy (non-hydrogen) atoms. The van der Waals surface area contributed by atoms with Gasteiger partial charge in [-0.25, -0.2) is 0 Å². The third-order valence-electron chi connectivity index (χ3n) is 2.01. The van der Waals surface area contributed by atoms with Crippen LogP contribution in [0.5, 0.6) is 0 Å². The fourth-order valence-corrected chi connectivity index (χ4v) is 1.21. The topological polar surface area (TPSA) is 61.7 Å². The summed E-state index contributed by atoms with van der Waals surface area (Å²) in [4.78, 5) is 4.15. The normalized spacial score (nSPS) is 13.9. The second-order valence-corrected chi connectivity index (χ2v) is 3.16. The van der Waals surface area contributed by atoms with E-state index in [2.05, 4.69) is 32.0 Å². The molecule has 2 heterocycles. The second-order valence-electron chi connectivity index (χ2n) is 3.16. The van der Waals surface area contributed by atoms with Crippen LogP contribution in [0.1, 0.15) is 18.5 Å². The quantitative estimate of drug-likeness (QED) is 0.725. The molecular formula is C11H11N5. The summed E-state index contributed by atoms with van der Waals surface area (Å²) in [5.41, 5.74) is 6.43. The van der Waals surface area contributed by atoms with E-state index in [4.69, 9.17) is 6.42 Å². The lowest BCUT2D eigenvalue weighted by Gasteiger charge is -2.13. The lowest BCUT2D eigenvalue weighted by molar-refractivity contribution is 0.842. The number of pyridine rings is 1. The highest BCUT2D eigenvalue weighted by Gasteiger charge is 2.09. The predicted molar refractivity (Wildman–Crippen MR) is 62.5 cm³/mol. The number of amidine groups is 2. The molecular weight excluding hydrogens is 202 g/mol. The SMILES string of the molecule is C#CCCC1=NNC(c2ccccn2)=NN1. The summed E-state index contributed by atoms with van der Waals surface area (Å²) in [5, 5.41) is 8.24. The highest BCUT2D eigenvalue weighted by Crippen LogP contribution is 1.98. The second kappa shape index (κ2) is 4.94. The minimum atomic E-state index is 0.602. The summed E-state index contributed by atoms with van der Waals surface area (Å²) in [6, 6.07) is 5.60. The maximum Gasteiger partial charge on any atom is 0.192 e. The molecule has 0 amide bonds. The molecule has 5 nitrogen and oxygen atoms in total. The molecule has 2 N–H and O–H groups in total. The van der Waals surface area contributed by atoms with Gasteiger partial charge in [-0.05, 0) is 12.1 Å². The Bertz CT molecular complexity index is 455. The fourth-order valence-electron chi connectivity index (χ4n) is 1.21. The third kappa shape index (κ3) is 2.36. The zero-order valence-electron chi connectivity index (χ0n) is 8.64. The Labute approximate surface area is 93.7 Å². The van der Waals surface area contributed by atoms with E-state index < -0.39 is 0 Å². The summed E-state index contributed by atoms with van der Waals surface area (Å²) in [7, 11) is 0. The first-order chi connectivity index (χ1) is 7.90. The predicted octanol–water partition coefficient (Wildman–Crippen LogP) is 0.663. The number of nitrogens with one attached hydrogen (secondary N) is 2. The molecule has 0 fully saturated rings. The van der Waals surface area contributed by atoms with Crippen molar-refractivity contribution in [3.05, 3.63) is 30.1 Å². The molecule has 0 saturated carbocycles. The van der Waals surface area contributed by atoms with Crippen molar-refractivity contribution in [2.75, 3.05) is 0 Å². The van der Waals surface area contributed by atoms with E-state index in [0.29, 0.717) is 18.7 Å². The molecule has 0 saturated heterocycles. The Kier molecular flexibility index (Phi) is 3.14. The Balaban J connectivity index is 1.99. The van der Waals surface area contributed by atoms with E-state index in [1.807, 2.05) is 18.2 Å². The van der Waals surface area contributed by atoms with E-state index in [9.17, 15) is 0 Å². The van der Waals surface area contributed by atoms with Gasteiger partial charge in [0.25, 0.3) is 0 Å². The van der Waals surface area contributed by atoms with Gasteiger partial charge in [-0.15, -0.1) is 12.3 Å². The third-order valence-corrected chi connectivity index (χ3v) is 2.01. The number of hydrogen-bond donors (Lipinski definition) is 2. The highest BCUT2D eigenvalue weighted by molar-refractivity contribution is 6.00. The first kappa shape index (κ1) is 10.2. The Morgan fingerprint density at radius 2 is 2.19 bits per heavy atom. The lowest BCUT2D eigenvalue weighted by Crippen LogP contribution is -2.34. The molecule has 0 radical (unpaired) electrons. The zero-order chi connectivity index (χ0) is 11.2. The van der Waals surface area contributed by atoms with Gasteiger partial charge in [-0.1, -0.05) is 6.07 Å². The average molecular weight is 213 g/mol. The van der Waals surface area contributed by atoms with Crippen molar-refractivity contribution in [2.45, 2.75) is 12.8 Å². The largest absolute Gasteiger partial charge is 0.261 e. The van der Waals surface area contributed by atoms with Crippen molar-refractivity contribution >= 4 is 11.7 Å². The van der Waals surface area contributed by atoms with Crippen LogP contribution < -0.4 is 10.9 Å². The molecule has 1 aromatic heterocycles. The van der Waals surface area contributed by atoms with Crippen molar-refractivity contribution in [1.29, 1.82) is 0 Å². The van der Waals surface area contributed by atoms with Gasteiger partial charge >= 0.3 is 0 Å². The fraction of sp³-hybridized carbons (Fsp3) is 0.182. The summed E-state index contributed by atoms with van der Waals surface area (Å²) in [5.74, 6) is 3.88. The summed E-state index contributed by atoms with van der Waals surface area (Å²) < 4.78 is 0. The van der Waals surface area contributed by atoms with E-state index in [-0.39, 0.29) is 0 Å².